The fourth-order valence-corrected chi connectivity index (χ4v) is 2.20. The minimum absolute atomic E-state index is 0. The minimum Gasteiger partial charge on any atom is -0.427 e. The van der Waals surface area contributed by atoms with Gasteiger partial charge in [-0.1, -0.05) is 36.8 Å². The smallest absolute Gasteiger partial charge is 0.427 e. The molecule has 0 saturated carbocycles. The van der Waals surface area contributed by atoms with Gasteiger partial charge in [-0.05, 0) is 31.4 Å². The summed E-state index contributed by atoms with van der Waals surface area (Å²) in [7, 11) is -1.49. The number of hydrogen-bond acceptors (Lipinski definition) is 5. The van der Waals surface area contributed by atoms with Crippen LogP contribution in [-0.4, -0.2) is 42.2 Å². The predicted octanol–water partition coefficient (Wildman–Crippen LogP) is 0.0664. The highest BCUT2D eigenvalue weighted by atomic mass is 35.5. The van der Waals surface area contributed by atoms with Crippen molar-refractivity contribution < 1.29 is 14.8 Å². The third-order valence-electron chi connectivity index (χ3n) is 3.61. The Balaban J connectivity index is 0.00000484. The molecular weight excluding hydrogens is 316 g/mol. The molecule has 1 aromatic carbocycles. The molecule has 8 heteroatoms. The Morgan fingerprint density at radius 3 is 2.43 bits per heavy atom. The number of halogens is 1. The summed E-state index contributed by atoms with van der Waals surface area (Å²) in [6, 6.07) is 8.92. The second-order valence-electron chi connectivity index (χ2n) is 5.50. The normalized spacial score (nSPS) is 12.9. The highest BCUT2D eigenvalue weighted by Gasteiger charge is 2.25. The summed E-state index contributed by atoms with van der Waals surface area (Å²) in [6.45, 7) is 0.764. The SMILES string of the molecule is Cl.NCCCC[C@@H](N)C(=O)NC[C@@H](Cc1ccccc1)B(O)O. The molecule has 0 fully saturated rings. The Kier molecular flexibility index (Phi) is 11.7. The van der Waals surface area contributed by atoms with E-state index in [0.29, 0.717) is 19.4 Å². The summed E-state index contributed by atoms with van der Waals surface area (Å²) < 4.78 is 0. The van der Waals surface area contributed by atoms with Crippen LogP contribution in [0.4, 0.5) is 0 Å². The molecule has 1 amide bonds. The molecule has 1 aromatic rings. The van der Waals surface area contributed by atoms with Crippen LogP contribution in [0, 0.1) is 0 Å². The van der Waals surface area contributed by atoms with Crippen LogP contribution in [0.2, 0.25) is 5.82 Å². The monoisotopic (exact) mass is 343 g/mol. The molecule has 0 saturated heterocycles. The summed E-state index contributed by atoms with van der Waals surface area (Å²) in [5.41, 5.74) is 12.2. The summed E-state index contributed by atoms with van der Waals surface area (Å²) in [5.74, 6) is -0.738. The first-order valence-corrected chi connectivity index (χ1v) is 7.68. The fraction of sp³-hybridized carbons (Fsp3) is 0.533. The number of carbonyl (C=O) groups excluding carboxylic acids is 1. The van der Waals surface area contributed by atoms with Crippen molar-refractivity contribution in [2.45, 2.75) is 37.5 Å². The lowest BCUT2D eigenvalue weighted by atomic mass is 9.69. The van der Waals surface area contributed by atoms with Gasteiger partial charge in [0.1, 0.15) is 0 Å². The molecule has 0 unspecified atom stereocenters. The van der Waals surface area contributed by atoms with Gasteiger partial charge in [-0.3, -0.25) is 4.79 Å². The number of amides is 1. The molecule has 0 aliphatic carbocycles. The summed E-state index contributed by atoms with van der Waals surface area (Å²) >= 11 is 0. The molecule has 2 atom stereocenters. The van der Waals surface area contributed by atoms with Gasteiger partial charge in [-0.15, -0.1) is 12.4 Å². The zero-order valence-electron chi connectivity index (χ0n) is 13.2. The van der Waals surface area contributed by atoms with E-state index in [1.165, 1.54) is 0 Å². The molecule has 0 bridgehead atoms. The number of hydrogen-bond donors (Lipinski definition) is 5. The number of benzene rings is 1. The zero-order valence-corrected chi connectivity index (χ0v) is 14.0. The molecular formula is C15H27BClN3O3. The van der Waals surface area contributed by atoms with Gasteiger partial charge in [0.25, 0.3) is 0 Å². The molecule has 0 radical (unpaired) electrons. The van der Waals surface area contributed by atoms with Crippen molar-refractivity contribution in [3.8, 4) is 0 Å². The van der Waals surface area contributed by atoms with Crippen molar-refractivity contribution >= 4 is 25.4 Å². The Bertz CT molecular complexity index is 437. The van der Waals surface area contributed by atoms with E-state index < -0.39 is 19.0 Å². The average molecular weight is 344 g/mol. The predicted molar refractivity (Wildman–Crippen MR) is 95.2 cm³/mol. The van der Waals surface area contributed by atoms with E-state index in [-0.39, 0.29) is 24.9 Å². The van der Waals surface area contributed by atoms with Crippen LogP contribution in [0.3, 0.4) is 0 Å². The van der Waals surface area contributed by atoms with Crippen LogP contribution >= 0.6 is 12.4 Å². The van der Waals surface area contributed by atoms with E-state index in [4.69, 9.17) is 11.5 Å². The van der Waals surface area contributed by atoms with Gasteiger partial charge >= 0.3 is 7.12 Å². The third kappa shape index (κ3) is 8.93. The second-order valence-corrected chi connectivity index (χ2v) is 5.50. The van der Waals surface area contributed by atoms with Crippen molar-refractivity contribution in [1.82, 2.24) is 5.32 Å². The average Bonchev–Trinajstić information content (AvgIpc) is 2.51. The lowest BCUT2D eigenvalue weighted by Gasteiger charge is -2.18. The van der Waals surface area contributed by atoms with Crippen LogP contribution in [0.25, 0.3) is 0 Å². The van der Waals surface area contributed by atoms with Crippen molar-refractivity contribution in [2.75, 3.05) is 13.1 Å². The Morgan fingerprint density at radius 1 is 1.22 bits per heavy atom. The number of nitrogens with two attached hydrogens (primary N) is 2. The lowest BCUT2D eigenvalue weighted by molar-refractivity contribution is -0.122. The minimum atomic E-state index is -1.49. The Labute approximate surface area is 144 Å². The number of rotatable bonds is 10. The number of carbonyl (C=O) groups is 1. The molecule has 0 heterocycles. The Hall–Kier alpha value is -1.12. The maximum atomic E-state index is 11.9. The number of nitrogens with one attached hydrogen (secondary N) is 1. The van der Waals surface area contributed by atoms with Gasteiger partial charge in [0.05, 0.1) is 6.04 Å². The van der Waals surface area contributed by atoms with E-state index in [9.17, 15) is 14.8 Å². The van der Waals surface area contributed by atoms with Crippen LogP contribution in [0.5, 0.6) is 0 Å². The van der Waals surface area contributed by atoms with Crippen molar-refractivity contribution in [2.24, 2.45) is 11.5 Å². The molecule has 130 valence electrons. The molecule has 0 aromatic heterocycles. The van der Waals surface area contributed by atoms with E-state index in [0.717, 1.165) is 18.4 Å². The first-order valence-electron chi connectivity index (χ1n) is 7.68. The van der Waals surface area contributed by atoms with E-state index in [2.05, 4.69) is 5.32 Å². The molecule has 0 aliphatic heterocycles. The third-order valence-corrected chi connectivity index (χ3v) is 3.61. The summed E-state index contributed by atoms with van der Waals surface area (Å²) in [5, 5.41) is 21.6. The molecule has 6 nitrogen and oxygen atoms in total. The standard InChI is InChI=1S/C15H26BN3O3.ClH/c17-9-5-4-8-14(18)15(20)19-11-13(16(21)22)10-12-6-2-1-3-7-12;/h1-3,6-7,13-14,21-22H,4-5,8-11,17-18H2,(H,19,20);1H/t13-,14-;/m1./s1. The largest absolute Gasteiger partial charge is 0.456 e. The Morgan fingerprint density at radius 2 is 1.87 bits per heavy atom. The molecule has 23 heavy (non-hydrogen) atoms. The molecule has 7 N–H and O–H groups in total. The quantitative estimate of drug-likeness (QED) is 0.304. The summed E-state index contributed by atoms with van der Waals surface area (Å²) in [6.07, 6.45) is 2.70. The first-order chi connectivity index (χ1) is 10.5. The second kappa shape index (κ2) is 12.3. The van der Waals surface area contributed by atoms with Crippen LogP contribution in [-0.2, 0) is 11.2 Å². The van der Waals surface area contributed by atoms with Gasteiger partial charge < -0.3 is 26.8 Å². The van der Waals surface area contributed by atoms with E-state index >= 15 is 0 Å². The number of unbranched alkanes of at least 4 members (excludes halogenated alkanes) is 1. The van der Waals surface area contributed by atoms with Crippen LogP contribution < -0.4 is 16.8 Å². The van der Waals surface area contributed by atoms with Gasteiger partial charge in [0.15, 0.2) is 0 Å². The maximum absolute atomic E-state index is 11.9. The van der Waals surface area contributed by atoms with Crippen molar-refractivity contribution in [3.05, 3.63) is 35.9 Å². The summed E-state index contributed by atoms with van der Waals surface area (Å²) in [4.78, 5) is 11.9. The highest BCUT2D eigenvalue weighted by molar-refractivity contribution is 6.43. The first kappa shape index (κ1) is 21.9. The zero-order chi connectivity index (χ0) is 16.4. The van der Waals surface area contributed by atoms with Crippen molar-refractivity contribution in [3.63, 3.8) is 0 Å². The van der Waals surface area contributed by atoms with Crippen LogP contribution in [0.1, 0.15) is 24.8 Å². The van der Waals surface area contributed by atoms with Crippen LogP contribution in [0.15, 0.2) is 30.3 Å². The lowest BCUT2D eigenvalue weighted by Crippen LogP contribution is -2.43. The van der Waals surface area contributed by atoms with E-state index in [1.54, 1.807) is 0 Å². The molecule has 1 rings (SSSR count). The van der Waals surface area contributed by atoms with Gasteiger partial charge in [-0.25, -0.2) is 0 Å². The van der Waals surface area contributed by atoms with Gasteiger partial charge in [0.2, 0.25) is 5.91 Å². The fourth-order valence-electron chi connectivity index (χ4n) is 2.20. The maximum Gasteiger partial charge on any atom is 0.456 e. The van der Waals surface area contributed by atoms with E-state index in [1.807, 2.05) is 30.3 Å². The molecule has 0 aliphatic rings. The topological polar surface area (TPSA) is 122 Å². The van der Waals surface area contributed by atoms with Gasteiger partial charge in [-0.2, -0.15) is 0 Å². The molecule has 0 spiro atoms. The van der Waals surface area contributed by atoms with Crippen molar-refractivity contribution in [1.29, 1.82) is 0 Å². The highest BCUT2D eigenvalue weighted by Crippen LogP contribution is 2.14. The van der Waals surface area contributed by atoms with Gasteiger partial charge in [0, 0.05) is 12.4 Å².